The summed E-state index contributed by atoms with van der Waals surface area (Å²) < 4.78 is 5.15. The standard InChI is InChI=1S/C7H10N2O3/c10-5-2-12-7(6(5)11)4-1-8-3-9-4/h1,3,5-7,10-11H,2H2,(H,8,9)/t5-,6+,7+/m1/s1. The Kier molecular flexibility index (Phi) is 1.84. The van der Waals surface area contributed by atoms with Crippen LogP contribution in [0.4, 0.5) is 0 Å². The van der Waals surface area contributed by atoms with E-state index >= 15 is 0 Å². The average Bonchev–Trinajstić information content (AvgIpc) is 2.64. The van der Waals surface area contributed by atoms with Gasteiger partial charge in [-0.3, -0.25) is 0 Å². The molecule has 2 heterocycles. The topological polar surface area (TPSA) is 78.4 Å². The molecule has 1 saturated heterocycles. The number of imidazole rings is 1. The number of H-pyrrole nitrogens is 1. The van der Waals surface area contributed by atoms with Crippen LogP contribution in [0.1, 0.15) is 11.8 Å². The first-order valence-electron chi connectivity index (χ1n) is 3.75. The van der Waals surface area contributed by atoms with Gasteiger partial charge in [-0.1, -0.05) is 0 Å². The smallest absolute Gasteiger partial charge is 0.127 e. The Labute approximate surface area is 69.0 Å². The molecule has 3 atom stereocenters. The van der Waals surface area contributed by atoms with Gasteiger partial charge in [-0.05, 0) is 0 Å². The van der Waals surface area contributed by atoms with Crippen molar-refractivity contribution >= 4 is 0 Å². The van der Waals surface area contributed by atoms with Crippen LogP contribution in [0.15, 0.2) is 12.5 Å². The highest BCUT2D eigenvalue weighted by Crippen LogP contribution is 2.27. The van der Waals surface area contributed by atoms with Gasteiger partial charge in [0, 0.05) is 0 Å². The van der Waals surface area contributed by atoms with Crippen LogP contribution in [-0.2, 0) is 4.74 Å². The number of nitrogens with zero attached hydrogens (tertiary/aromatic N) is 1. The largest absolute Gasteiger partial charge is 0.388 e. The van der Waals surface area contributed by atoms with Crippen molar-refractivity contribution in [3.05, 3.63) is 18.2 Å². The van der Waals surface area contributed by atoms with E-state index in [1.807, 2.05) is 0 Å². The minimum atomic E-state index is -0.856. The van der Waals surface area contributed by atoms with Crippen LogP contribution in [0, 0.1) is 0 Å². The summed E-state index contributed by atoms with van der Waals surface area (Å²) in [6.07, 6.45) is 0.966. The molecule has 3 N–H and O–H groups in total. The molecular weight excluding hydrogens is 160 g/mol. The molecule has 1 aromatic rings. The molecule has 1 fully saturated rings. The first-order valence-corrected chi connectivity index (χ1v) is 3.75. The highest BCUT2D eigenvalue weighted by molar-refractivity contribution is 5.05. The number of nitrogens with one attached hydrogen (secondary N) is 1. The molecule has 0 bridgehead atoms. The zero-order valence-corrected chi connectivity index (χ0v) is 6.34. The van der Waals surface area contributed by atoms with Crippen LogP contribution in [0.3, 0.4) is 0 Å². The Morgan fingerprint density at radius 1 is 1.58 bits per heavy atom. The predicted molar refractivity (Wildman–Crippen MR) is 39.3 cm³/mol. The molecule has 1 aromatic heterocycles. The third-order valence-electron chi connectivity index (χ3n) is 1.98. The molecule has 0 amide bonds. The third-order valence-corrected chi connectivity index (χ3v) is 1.98. The molecule has 1 aliphatic rings. The molecule has 1 aliphatic heterocycles. The lowest BCUT2D eigenvalue weighted by Gasteiger charge is -2.11. The molecule has 2 rings (SSSR count). The lowest BCUT2D eigenvalue weighted by molar-refractivity contribution is 0.0207. The number of aliphatic hydroxyl groups is 2. The molecule has 12 heavy (non-hydrogen) atoms. The Morgan fingerprint density at radius 2 is 2.42 bits per heavy atom. The molecule has 66 valence electrons. The summed E-state index contributed by atoms with van der Waals surface area (Å²) in [5, 5.41) is 18.6. The number of aliphatic hydroxyl groups excluding tert-OH is 2. The van der Waals surface area contributed by atoms with Crippen LogP contribution in [-0.4, -0.2) is 39.0 Å². The highest BCUT2D eigenvalue weighted by atomic mass is 16.5. The molecule has 0 spiro atoms. The second kappa shape index (κ2) is 2.85. The fourth-order valence-electron chi connectivity index (χ4n) is 1.30. The van der Waals surface area contributed by atoms with Crippen molar-refractivity contribution in [3.8, 4) is 0 Å². The van der Waals surface area contributed by atoms with Crippen molar-refractivity contribution in [2.24, 2.45) is 0 Å². The van der Waals surface area contributed by atoms with Crippen molar-refractivity contribution in [2.45, 2.75) is 18.3 Å². The zero-order valence-electron chi connectivity index (χ0n) is 6.34. The Morgan fingerprint density at radius 3 is 2.92 bits per heavy atom. The molecule has 0 radical (unpaired) electrons. The summed E-state index contributed by atoms with van der Waals surface area (Å²) in [4.78, 5) is 6.62. The second-order valence-electron chi connectivity index (χ2n) is 2.82. The van der Waals surface area contributed by atoms with Crippen LogP contribution >= 0.6 is 0 Å². The number of ether oxygens (including phenoxy) is 1. The molecule has 5 nitrogen and oxygen atoms in total. The summed E-state index contributed by atoms with van der Waals surface area (Å²) in [5.74, 6) is 0. The molecule has 5 heteroatoms. The number of hydrogen-bond acceptors (Lipinski definition) is 4. The van der Waals surface area contributed by atoms with E-state index in [-0.39, 0.29) is 6.61 Å². The number of aromatic amines is 1. The first-order chi connectivity index (χ1) is 5.79. The van der Waals surface area contributed by atoms with Crippen molar-refractivity contribution in [3.63, 3.8) is 0 Å². The van der Waals surface area contributed by atoms with Gasteiger partial charge in [-0.25, -0.2) is 4.98 Å². The van der Waals surface area contributed by atoms with Gasteiger partial charge in [-0.15, -0.1) is 0 Å². The van der Waals surface area contributed by atoms with Crippen LogP contribution in [0.2, 0.25) is 0 Å². The molecule has 0 aromatic carbocycles. The van der Waals surface area contributed by atoms with Crippen LogP contribution in [0.25, 0.3) is 0 Å². The fraction of sp³-hybridized carbons (Fsp3) is 0.571. The maximum absolute atomic E-state index is 9.41. The van der Waals surface area contributed by atoms with Gasteiger partial charge in [0.15, 0.2) is 0 Å². The van der Waals surface area contributed by atoms with Gasteiger partial charge in [0.05, 0.1) is 24.8 Å². The number of rotatable bonds is 1. The van der Waals surface area contributed by atoms with E-state index in [4.69, 9.17) is 9.84 Å². The van der Waals surface area contributed by atoms with E-state index in [2.05, 4.69) is 9.97 Å². The summed E-state index contributed by atoms with van der Waals surface area (Å²) >= 11 is 0. The van der Waals surface area contributed by atoms with E-state index in [1.54, 1.807) is 6.20 Å². The van der Waals surface area contributed by atoms with Gasteiger partial charge in [0.2, 0.25) is 0 Å². The summed E-state index contributed by atoms with van der Waals surface area (Å²) in [7, 11) is 0. The molecule has 0 saturated carbocycles. The molecule has 0 unspecified atom stereocenters. The van der Waals surface area contributed by atoms with Gasteiger partial charge < -0.3 is 19.9 Å². The monoisotopic (exact) mass is 170 g/mol. The minimum absolute atomic E-state index is 0.171. The summed E-state index contributed by atoms with van der Waals surface area (Å²) in [6.45, 7) is 0.171. The van der Waals surface area contributed by atoms with Crippen molar-refractivity contribution in [2.75, 3.05) is 6.61 Å². The van der Waals surface area contributed by atoms with Gasteiger partial charge >= 0.3 is 0 Å². The fourth-order valence-corrected chi connectivity index (χ4v) is 1.30. The lowest BCUT2D eigenvalue weighted by Crippen LogP contribution is -2.25. The maximum Gasteiger partial charge on any atom is 0.127 e. The Bertz CT molecular complexity index is 249. The van der Waals surface area contributed by atoms with Gasteiger partial charge in [0.1, 0.15) is 18.3 Å². The van der Waals surface area contributed by atoms with Crippen molar-refractivity contribution < 1.29 is 14.9 Å². The average molecular weight is 170 g/mol. The van der Waals surface area contributed by atoms with E-state index < -0.39 is 18.3 Å². The van der Waals surface area contributed by atoms with Crippen molar-refractivity contribution in [1.82, 2.24) is 9.97 Å². The van der Waals surface area contributed by atoms with Gasteiger partial charge in [0.25, 0.3) is 0 Å². The lowest BCUT2D eigenvalue weighted by atomic mass is 10.1. The van der Waals surface area contributed by atoms with E-state index in [1.165, 1.54) is 6.33 Å². The van der Waals surface area contributed by atoms with E-state index in [0.717, 1.165) is 0 Å². The minimum Gasteiger partial charge on any atom is -0.388 e. The second-order valence-corrected chi connectivity index (χ2v) is 2.82. The molecule has 0 aliphatic carbocycles. The summed E-state index contributed by atoms with van der Waals surface area (Å²) in [6, 6.07) is 0. The SMILES string of the molecule is O[C@H]1[C@H](O)CO[C@H]1c1cnc[nH]1. The van der Waals surface area contributed by atoms with Crippen molar-refractivity contribution in [1.29, 1.82) is 0 Å². The van der Waals surface area contributed by atoms with Crippen LogP contribution < -0.4 is 0 Å². The number of aromatic nitrogens is 2. The summed E-state index contributed by atoms with van der Waals surface area (Å²) in [5.41, 5.74) is 0.694. The number of hydrogen-bond donors (Lipinski definition) is 3. The first kappa shape index (κ1) is 7.72. The quantitative estimate of drug-likeness (QED) is 0.515. The maximum atomic E-state index is 9.41. The Balaban J connectivity index is 2.16. The van der Waals surface area contributed by atoms with E-state index in [0.29, 0.717) is 5.69 Å². The third kappa shape index (κ3) is 1.12. The van der Waals surface area contributed by atoms with Gasteiger partial charge in [-0.2, -0.15) is 0 Å². The normalized spacial score (nSPS) is 35.7. The zero-order chi connectivity index (χ0) is 8.55. The predicted octanol–water partition coefficient (Wildman–Crippen LogP) is -0.797. The molecular formula is C7H10N2O3. The Hall–Kier alpha value is -0.910. The van der Waals surface area contributed by atoms with Crippen LogP contribution in [0.5, 0.6) is 0 Å². The van der Waals surface area contributed by atoms with E-state index in [9.17, 15) is 5.11 Å². The highest BCUT2D eigenvalue weighted by Gasteiger charge is 2.36.